The minimum atomic E-state index is -4.44. The standard InChI is InChI=1S/C20H29N2O12PS/c1-12(2)32-19(24)27-10-30-35(26,31-11-28-20(25)33-13(3)4)29-9-15-6-7-16(34-15)22-8-14(5)17(36)21-18(22)23/h6-8,12-13,15-16H,9-11H2,1-5H3,(H,21,23,36)/t15-,16+/m0/s1. The van der Waals surface area contributed by atoms with Crippen LogP contribution in [0.2, 0.25) is 0 Å². The fraction of sp³-hybridized carbons (Fsp3) is 0.600. The van der Waals surface area contributed by atoms with Crippen LogP contribution in [0.4, 0.5) is 9.59 Å². The van der Waals surface area contributed by atoms with E-state index in [1.165, 1.54) is 10.8 Å². The SMILES string of the molecule is Cc1cn([C@H]2C=C[C@@H](COP(=O)(OCOC(=O)OC(C)C)OCOC(=O)OC(C)C)O2)c(=O)[nH]c1=S. The van der Waals surface area contributed by atoms with Gasteiger partial charge in [-0.1, -0.05) is 18.3 Å². The van der Waals surface area contributed by atoms with E-state index in [2.05, 4.69) is 14.5 Å². The van der Waals surface area contributed by atoms with Crippen LogP contribution in [0.1, 0.15) is 39.5 Å². The summed E-state index contributed by atoms with van der Waals surface area (Å²) >= 11 is 5.04. The van der Waals surface area contributed by atoms with E-state index in [0.717, 1.165) is 0 Å². The number of hydrogen-bond donors (Lipinski definition) is 1. The molecule has 0 radical (unpaired) electrons. The summed E-state index contributed by atoms with van der Waals surface area (Å²) in [6.07, 6.45) is 0.130. The van der Waals surface area contributed by atoms with E-state index in [4.69, 9.17) is 40.0 Å². The van der Waals surface area contributed by atoms with Crippen LogP contribution in [-0.4, -0.2) is 60.4 Å². The van der Waals surface area contributed by atoms with E-state index in [-0.39, 0.29) is 6.61 Å². The molecule has 36 heavy (non-hydrogen) atoms. The predicted octanol–water partition coefficient (Wildman–Crippen LogP) is 3.86. The second kappa shape index (κ2) is 13.7. The molecule has 1 aromatic heterocycles. The molecule has 0 amide bonds. The monoisotopic (exact) mass is 552 g/mol. The van der Waals surface area contributed by atoms with E-state index >= 15 is 0 Å². The van der Waals surface area contributed by atoms with Gasteiger partial charge in [-0.25, -0.2) is 28.0 Å². The van der Waals surface area contributed by atoms with Gasteiger partial charge in [-0.3, -0.25) is 14.1 Å². The Hall–Kier alpha value is -2.55. The molecule has 0 unspecified atom stereocenters. The van der Waals surface area contributed by atoms with Gasteiger partial charge in [0.15, 0.2) is 6.23 Å². The Morgan fingerprint density at radius 2 is 1.61 bits per heavy atom. The van der Waals surface area contributed by atoms with Crippen LogP contribution in [0, 0.1) is 11.6 Å². The summed E-state index contributed by atoms with van der Waals surface area (Å²) in [7, 11) is -4.44. The van der Waals surface area contributed by atoms with Crippen molar-refractivity contribution in [1.82, 2.24) is 9.55 Å². The van der Waals surface area contributed by atoms with Gasteiger partial charge < -0.3 is 23.7 Å². The average Bonchev–Trinajstić information content (AvgIpc) is 3.23. The number of ether oxygens (including phenoxy) is 5. The lowest BCUT2D eigenvalue weighted by molar-refractivity contribution is -0.0555. The summed E-state index contributed by atoms with van der Waals surface area (Å²) in [5, 5.41) is 0. The van der Waals surface area contributed by atoms with E-state index < -0.39 is 63.9 Å². The first-order chi connectivity index (χ1) is 16.9. The maximum absolute atomic E-state index is 13.0. The van der Waals surface area contributed by atoms with Gasteiger partial charge in [0, 0.05) is 11.8 Å². The summed E-state index contributed by atoms with van der Waals surface area (Å²) in [6.45, 7) is 6.11. The van der Waals surface area contributed by atoms with Crippen LogP contribution in [-0.2, 0) is 41.8 Å². The van der Waals surface area contributed by atoms with E-state index in [1.807, 2.05) is 0 Å². The Balaban J connectivity index is 1.96. The van der Waals surface area contributed by atoms with Gasteiger partial charge in [0.05, 0.1) is 18.8 Å². The molecule has 1 aliphatic rings. The third kappa shape index (κ3) is 9.84. The van der Waals surface area contributed by atoms with Gasteiger partial charge in [-0.05, 0) is 40.7 Å². The van der Waals surface area contributed by atoms with Crippen LogP contribution >= 0.6 is 20.0 Å². The highest BCUT2D eigenvalue weighted by Crippen LogP contribution is 2.49. The first-order valence-electron chi connectivity index (χ1n) is 10.7. The van der Waals surface area contributed by atoms with Crippen LogP contribution in [0.5, 0.6) is 0 Å². The maximum atomic E-state index is 13.0. The van der Waals surface area contributed by atoms with Crippen molar-refractivity contribution in [3.63, 3.8) is 0 Å². The van der Waals surface area contributed by atoms with Gasteiger partial charge in [0.25, 0.3) is 0 Å². The molecule has 2 atom stereocenters. The Morgan fingerprint density at radius 3 is 2.14 bits per heavy atom. The van der Waals surface area contributed by atoms with Crippen molar-refractivity contribution in [3.05, 3.63) is 39.0 Å². The molecule has 1 aromatic rings. The molecule has 0 aliphatic carbocycles. The fourth-order valence-corrected chi connectivity index (χ4v) is 3.58. The minimum Gasteiger partial charge on any atom is -0.432 e. The zero-order valence-electron chi connectivity index (χ0n) is 20.4. The number of H-pyrrole nitrogens is 1. The molecule has 14 nitrogen and oxygen atoms in total. The van der Waals surface area contributed by atoms with Gasteiger partial charge in [-0.2, -0.15) is 0 Å². The second-order valence-corrected chi connectivity index (χ2v) is 9.86. The summed E-state index contributed by atoms with van der Waals surface area (Å²) in [5.74, 6) is 0. The molecule has 2 heterocycles. The molecule has 0 spiro atoms. The van der Waals surface area contributed by atoms with Crippen molar-refractivity contribution in [1.29, 1.82) is 0 Å². The van der Waals surface area contributed by atoms with E-state index in [0.29, 0.717) is 10.2 Å². The number of phosphoric acid groups is 1. The topological polar surface area (TPSA) is 163 Å². The number of nitrogens with zero attached hydrogens (tertiary/aromatic N) is 1. The van der Waals surface area contributed by atoms with Crippen LogP contribution in [0.25, 0.3) is 0 Å². The Morgan fingerprint density at radius 1 is 1.06 bits per heavy atom. The predicted molar refractivity (Wildman–Crippen MR) is 125 cm³/mol. The van der Waals surface area contributed by atoms with Gasteiger partial charge >= 0.3 is 25.8 Å². The molecule has 0 bridgehead atoms. The first kappa shape index (κ1) is 29.7. The zero-order chi connectivity index (χ0) is 26.9. The summed E-state index contributed by atoms with van der Waals surface area (Å²) in [6, 6.07) is 0. The molecule has 2 rings (SSSR count). The lowest BCUT2D eigenvalue weighted by atomic mass is 10.3. The molecule has 0 saturated carbocycles. The fourth-order valence-electron chi connectivity index (χ4n) is 2.52. The molecule has 16 heteroatoms. The number of hydrogen-bond acceptors (Lipinski definition) is 13. The van der Waals surface area contributed by atoms with Crippen LogP contribution in [0.3, 0.4) is 0 Å². The Bertz CT molecular complexity index is 1070. The zero-order valence-corrected chi connectivity index (χ0v) is 22.1. The number of carbonyl (C=O) groups is 2. The van der Waals surface area contributed by atoms with E-state index in [1.54, 1.807) is 46.8 Å². The van der Waals surface area contributed by atoms with Gasteiger partial charge in [-0.15, -0.1) is 0 Å². The number of nitrogens with one attached hydrogen (secondary N) is 1. The normalized spacial score (nSPS) is 17.4. The lowest BCUT2D eigenvalue weighted by Gasteiger charge is -2.20. The molecule has 0 aromatic carbocycles. The molecule has 1 aliphatic heterocycles. The average molecular weight is 552 g/mol. The van der Waals surface area contributed by atoms with Crippen molar-refractivity contribution in [2.75, 3.05) is 20.2 Å². The first-order valence-corrected chi connectivity index (χ1v) is 12.6. The number of aryl methyl sites for hydroxylation is 1. The largest absolute Gasteiger partial charge is 0.510 e. The highest BCUT2D eigenvalue weighted by atomic mass is 32.1. The number of phosphoric ester groups is 1. The molecule has 0 saturated heterocycles. The molecule has 1 N–H and O–H groups in total. The summed E-state index contributed by atoms with van der Waals surface area (Å²) in [4.78, 5) is 37.7. The highest BCUT2D eigenvalue weighted by Gasteiger charge is 2.32. The Kier molecular flexibility index (Phi) is 11.3. The lowest BCUT2D eigenvalue weighted by Crippen LogP contribution is -2.28. The van der Waals surface area contributed by atoms with E-state index in [9.17, 15) is 18.9 Å². The van der Waals surface area contributed by atoms with Gasteiger partial charge in [0.2, 0.25) is 13.6 Å². The third-order valence-corrected chi connectivity index (χ3v) is 5.79. The summed E-state index contributed by atoms with van der Waals surface area (Å²) in [5.41, 5.74) is 0.189. The quantitative estimate of drug-likeness (QED) is 0.131. The molecular formula is C20H29N2O12PS. The molecular weight excluding hydrogens is 523 g/mol. The van der Waals surface area contributed by atoms with Crippen molar-refractivity contribution in [3.8, 4) is 0 Å². The smallest absolute Gasteiger partial charge is 0.432 e. The highest BCUT2D eigenvalue weighted by molar-refractivity contribution is 7.71. The minimum absolute atomic E-state index is 0.312. The number of carbonyl (C=O) groups excluding carboxylic acids is 2. The van der Waals surface area contributed by atoms with Crippen molar-refractivity contribution in [2.45, 2.75) is 59.2 Å². The summed E-state index contributed by atoms with van der Waals surface area (Å²) < 4.78 is 54.4. The third-order valence-electron chi connectivity index (χ3n) is 4.06. The maximum Gasteiger partial charge on any atom is 0.510 e. The van der Waals surface area contributed by atoms with Gasteiger partial charge in [0.1, 0.15) is 10.7 Å². The van der Waals surface area contributed by atoms with Crippen molar-refractivity contribution in [2.24, 2.45) is 0 Å². The van der Waals surface area contributed by atoms with Crippen LogP contribution < -0.4 is 5.69 Å². The second-order valence-electron chi connectivity index (χ2n) is 7.79. The molecule has 202 valence electrons. The number of aromatic nitrogens is 2. The number of aromatic amines is 1. The van der Waals surface area contributed by atoms with Crippen molar-refractivity contribution >= 4 is 32.4 Å². The van der Waals surface area contributed by atoms with Crippen molar-refractivity contribution < 1.29 is 51.4 Å². The van der Waals surface area contributed by atoms with Crippen LogP contribution in [0.15, 0.2) is 23.1 Å². The Labute approximate surface area is 212 Å². The molecule has 0 fully saturated rings. The number of rotatable bonds is 12.